The second-order valence-corrected chi connectivity index (χ2v) is 7.30. The number of phenols is 1. The van der Waals surface area contributed by atoms with Gasteiger partial charge in [0.15, 0.2) is 0 Å². The smallest absolute Gasteiger partial charge is 0.130 e. The minimum Gasteiger partial charge on any atom is -0.508 e. The van der Waals surface area contributed by atoms with Crippen molar-refractivity contribution >= 4 is 0 Å². The van der Waals surface area contributed by atoms with Crippen LogP contribution in [0.2, 0.25) is 0 Å². The summed E-state index contributed by atoms with van der Waals surface area (Å²) < 4.78 is 32.9. The molecule has 0 heterocycles. The van der Waals surface area contributed by atoms with Gasteiger partial charge < -0.3 is 10.2 Å². The predicted molar refractivity (Wildman–Crippen MR) is 86.5 cm³/mol. The summed E-state index contributed by atoms with van der Waals surface area (Å²) in [5.74, 6) is 2.39. The lowest BCUT2D eigenvalue weighted by atomic mass is 9.53. The lowest BCUT2D eigenvalue weighted by molar-refractivity contribution is -0.0646. The second kappa shape index (κ2) is 4.52. The standard InChI is InChI=1S/C20H24O2/c1-3-20(22)11-9-18-17-6-4-13-12-14(21)5-7-15(13)16(17)8-10-19(18,20)2/h1,5,7,12,16-18,21-22H,4,6,8-11H2,2H3/t16-,17-,18+,19+,20-/m1/s1/i5D,11D2,12D. The fraction of sp³-hybridized carbons (Fsp3) is 0.600. The molecule has 1 aromatic rings. The Bertz CT molecular complexity index is 830. The fourth-order valence-electron chi connectivity index (χ4n) is 5.23. The first kappa shape index (κ1) is 10.3. The van der Waals surface area contributed by atoms with E-state index in [4.69, 9.17) is 11.9 Å². The summed E-state index contributed by atoms with van der Waals surface area (Å²) in [6.45, 7) is 1.93. The molecule has 2 N–H and O–H groups in total. The summed E-state index contributed by atoms with van der Waals surface area (Å²) in [5, 5.41) is 21.0. The van der Waals surface area contributed by atoms with E-state index in [0.717, 1.165) is 24.0 Å². The van der Waals surface area contributed by atoms with E-state index in [9.17, 15) is 10.2 Å². The monoisotopic (exact) mass is 300 g/mol. The number of fused-ring (bicyclic) bond motifs is 5. The van der Waals surface area contributed by atoms with Crippen LogP contribution >= 0.6 is 0 Å². The molecule has 0 amide bonds. The summed E-state index contributed by atoms with van der Waals surface area (Å²) in [6, 6.07) is 1.71. The van der Waals surface area contributed by atoms with E-state index < -0.39 is 17.4 Å². The molecule has 0 radical (unpaired) electrons. The molecule has 0 unspecified atom stereocenters. The van der Waals surface area contributed by atoms with Crippen molar-refractivity contribution in [3.05, 3.63) is 29.3 Å². The van der Waals surface area contributed by atoms with Gasteiger partial charge in [0.1, 0.15) is 11.4 Å². The zero-order chi connectivity index (χ0) is 19.1. The van der Waals surface area contributed by atoms with E-state index in [1.807, 2.05) is 6.92 Å². The number of rotatable bonds is 0. The van der Waals surface area contributed by atoms with Crippen LogP contribution in [0.3, 0.4) is 0 Å². The number of aliphatic hydroxyl groups is 1. The number of hydrogen-bond donors (Lipinski definition) is 2. The Morgan fingerprint density at radius 1 is 1.45 bits per heavy atom. The summed E-state index contributed by atoms with van der Waals surface area (Å²) in [6.07, 6.45) is 6.81. The first-order valence-electron chi connectivity index (χ1n) is 10.1. The van der Waals surface area contributed by atoms with Crippen LogP contribution in [0.1, 0.15) is 61.5 Å². The van der Waals surface area contributed by atoms with Gasteiger partial charge in [-0.1, -0.05) is 18.9 Å². The largest absolute Gasteiger partial charge is 0.508 e. The molecule has 0 aromatic heterocycles. The zero-order valence-corrected chi connectivity index (χ0v) is 12.8. The van der Waals surface area contributed by atoms with Gasteiger partial charge in [0.2, 0.25) is 0 Å². The average Bonchev–Trinajstić information content (AvgIpc) is 2.76. The predicted octanol–water partition coefficient (Wildman–Crippen LogP) is 3.61. The molecule has 3 aliphatic carbocycles. The van der Waals surface area contributed by atoms with E-state index in [1.165, 1.54) is 0 Å². The van der Waals surface area contributed by atoms with Gasteiger partial charge in [0, 0.05) is 8.16 Å². The Morgan fingerprint density at radius 3 is 3.05 bits per heavy atom. The molecule has 0 aliphatic heterocycles. The SMILES string of the molecule is [2H]c1cc2c(c([2H])c1O)CC[C@@H]1[C@@H]2CC[C@@]2(C)[C@H]1CC([2H])([2H])[C@]2(O)C#C. The maximum atomic E-state index is 11.1. The van der Waals surface area contributed by atoms with E-state index in [2.05, 4.69) is 5.92 Å². The molecular weight excluding hydrogens is 272 g/mol. The van der Waals surface area contributed by atoms with Crippen LogP contribution in [-0.2, 0) is 6.42 Å². The summed E-state index contributed by atoms with van der Waals surface area (Å²) in [5.41, 5.74) is -0.676. The van der Waals surface area contributed by atoms with Crippen LogP contribution in [0.25, 0.3) is 0 Å². The Morgan fingerprint density at radius 2 is 2.27 bits per heavy atom. The number of aromatic hydroxyl groups is 1. The van der Waals surface area contributed by atoms with E-state index in [0.29, 0.717) is 12.8 Å². The van der Waals surface area contributed by atoms with Crippen molar-refractivity contribution in [3.63, 3.8) is 0 Å². The quantitative estimate of drug-likeness (QED) is 0.719. The van der Waals surface area contributed by atoms with Gasteiger partial charge in [0.25, 0.3) is 0 Å². The van der Waals surface area contributed by atoms with Gasteiger partial charge in [-0.2, -0.15) is 0 Å². The lowest BCUT2D eigenvalue weighted by Gasteiger charge is -2.52. The van der Waals surface area contributed by atoms with Crippen molar-refractivity contribution in [2.75, 3.05) is 0 Å². The highest BCUT2D eigenvalue weighted by Crippen LogP contribution is 2.64. The van der Waals surface area contributed by atoms with Gasteiger partial charge in [-0.3, -0.25) is 0 Å². The van der Waals surface area contributed by atoms with Gasteiger partial charge in [0.05, 0.1) is 2.74 Å². The van der Waals surface area contributed by atoms with Crippen LogP contribution in [0.4, 0.5) is 0 Å². The average molecular weight is 300 g/mol. The van der Waals surface area contributed by atoms with Gasteiger partial charge in [-0.05, 0) is 79.4 Å². The van der Waals surface area contributed by atoms with Crippen LogP contribution in [0.5, 0.6) is 5.75 Å². The molecule has 4 rings (SSSR count). The van der Waals surface area contributed by atoms with Crippen molar-refractivity contribution < 1.29 is 15.7 Å². The molecule has 2 heteroatoms. The maximum Gasteiger partial charge on any atom is 0.130 e. The van der Waals surface area contributed by atoms with Crippen LogP contribution in [0.15, 0.2) is 18.2 Å². The molecule has 2 fully saturated rings. The third-order valence-corrected chi connectivity index (χ3v) is 6.55. The summed E-state index contributed by atoms with van der Waals surface area (Å²) in [4.78, 5) is 0. The molecular formula is C20H24O2. The summed E-state index contributed by atoms with van der Waals surface area (Å²) in [7, 11) is 0. The van der Waals surface area contributed by atoms with Crippen molar-refractivity contribution in [2.45, 2.75) is 56.9 Å². The molecule has 0 bridgehead atoms. The maximum absolute atomic E-state index is 11.1. The normalized spacial score (nSPS) is 47.8. The first-order valence-corrected chi connectivity index (χ1v) is 8.09. The Kier molecular flexibility index (Phi) is 2.13. The van der Waals surface area contributed by atoms with Gasteiger partial charge in [-0.25, -0.2) is 0 Å². The second-order valence-electron chi connectivity index (χ2n) is 7.30. The third-order valence-electron chi connectivity index (χ3n) is 6.55. The lowest BCUT2D eigenvalue weighted by Crippen LogP contribution is -2.50. The zero-order valence-electron chi connectivity index (χ0n) is 16.8. The number of hydrogen-bond acceptors (Lipinski definition) is 2. The first-order chi connectivity index (χ1) is 12.1. The van der Waals surface area contributed by atoms with Crippen molar-refractivity contribution in [2.24, 2.45) is 17.3 Å². The number of terminal acetylenes is 1. The highest BCUT2D eigenvalue weighted by Gasteiger charge is 2.61. The Balaban J connectivity index is 1.80. The molecule has 5 atom stereocenters. The summed E-state index contributed by atoms with van der Waals surface area (Å²) >= 11 is 0. The minimum absolute atomic E-state index is 0.0235. The number of benzene rings is 1. The molecule has 1 aromatic carbocycles. The molecule has 0 saturated heterocycles. The fourth-order valence-corrected chi connectivity index (χ4v) is 5.23. The van der Waals surface area contributed by atoms with Crippen LogP contribution in [0, 0.1) is 29.6 Å². The van der Waals surface area contributed by atoms with Crippen molar-refractivity contribution in [1.29, 1.82) is 0 Å². The highest BCUT2D eigenvalue weighted by atomic mass is 16.3. The number of phenolic OH excluding ortho intramolecular Hbond substituents is 1. The van der Waals surface area contributed by atoms with Crippen LogP contribution < -0.4 is 0 Å². The van der Waals surface area contributed by atoms with Crippen molar-refractivity contribution in [1.82, 2.24) is 0 Å². The minimum atomic E-state index is -1.83. The van der Waals surface area contributed by atoms with Crippen molar-refractivity contribution in [3.8, 4) is 18.1 Å². The molecule has 2 saturated carbocycles. The third kappa shape index (κ3) is 1.66. The van der Waals surface area contributed by atoms with Crippen LogP contribution in [-0.4, -0.2) is 15.8 Å². The van der Waals surface area contributed by atoms with E-state index in [-0.39, 0.29) is 42.0 Å². The highest BCUT2D eigenvalue weighted by molar-refractivity contribution is 5.40. The molecule has 22 heavy (non-hydrogen) atoms. The van der Waals surface area contributed by atoms with Gasteiger partial charge in [-0.15, -0.1) is 6.42 Å². The molecule has 116 valence electrons. The molecule has 0 spiro atoms. The molecule has 3 aliphatic rings. The Hall–Kier alpha value is -1.46. The van der Waals surface area contributed by atoms with Gasteiger partial charge >= 0.3 is 0 Å². The molecule has 2 nitrogen and oxygen atoms in total. The van der Waals surface area contributed by atoms with E-state index in [1.54, 1.807) is 6.07 Å². The van der Waals surface area contributed by atoms with E-state index >= 15 is 0 Å². The Labute approximate surface area is 138 Å². The topological polar surface area (TPSA) is 40.5 Å².